The van der Waals surface area contributed by atoms with Crippen molar-refractivity contribution in [2.45, 2.75) is 25.6 Å². The molecule has 0 unspecified atom stereocenters. The van der Waals surface area contributed by atoms with Crippen LogP contribution in [0.1, 0.15) is 19.4 Å². The summed E-state index contributed by atoms with van der Waals surface area (Å²) in [6.07, 6.45) is -1.04. The highest BCUT2D eigenvalue weighted by molar-refractivity contribution is 5.36. The fourth-order valence-corrected chi connectivity index (χ4v) is 0.954. The lowest BCUT2D eigenvalue weighted by Gasteiger charge is -2.06. The van der Waals surface area contributed by atoms with Crippen molar-refractivity contribution in [3.8, 4) is 23.7 Å². The van der Waals surface area contributed by atoms with Crippen molar-refractivity contribution in [2.24, 2.45) is 0 Å². The molecule has 0 saturated heterocycles. The van der Waals surface area contributed by atoms with E-state index in [1.54, 1.807) is 13.8 Å². The van der Waals surface area contributed by atoms with Crippen LogP contribution >= 0.6 is 0 Å². The lowest BCUT2D eigenvalue weighted by molar-refractivity contribution is 0.143. The summed E-state index contributed by atoms with van der Waals surface area (Å²) in [5.41, 5.74) is -0.276. The van der Waals surface area contributed by atoms with Crippen LogP contribution in [0.2, 0.25) is 0 Å². The van der Waals surface area contributed by atoms with E-state index >= 15 is 0 Å². The minimum Gasteiger partial charge on any atom is -0.378 e. The maximum atomic E-state index is 9.42. The van der Waals surface area contributed by atoms with Gasteiger partial charge in [-0.25, -0.2) is 0 Å². The Kier molecular flexibility index (Phi) is 4.14. The number of hydrogen-bond acceptors (Lipinski definition) is 2. The van der Waals surface area contributed by atoms with Crippen LogP contribution in [0, 0.1) is 23.7 Å². The average molecular weight is 214 g/mol. The van der Waals surface area contributed by atoms with Crippen molar-refractivity contribution in [1.82, 2.24) is 0 Å². The molecule has 0 aliphatic heterocycles. The Balaban J connectivity index is 2.68. The van der Waals surface area contributed by atoms with Gasteiger partial charge in [-0.1, -0.05) is 41.9 Å². The third kappa shape index (κ3) is 5.22. The van der Waals surface area contributed by atoms with Gasteiger partial charge in [-0.2, -0.15) is 0 Å². The van der Waals surface area contributed by atoms with Crippen LogP contribution in [0.5, 0.6) is 0 Å². The first-order valence-electron chi connectivity index (χ1n) is 4.97. The van der Waals surface area contributed by atoms with Gasteiger partial charge in [0.05, 0.1) is 0 Å². The third-order valence-corrected chi connectivity index (χ3v) is 1.64. The molecule has 0 spiro atoms. The zero-order valence-electron chi connectivity index (χ0n) is 9.36. The van der Waals surface area contributed by atoms with Crippen LogP contribution in [-0.4, -0.2) is 21.9 Å². The topological polar surface area (TPSA) is 40.5 Å². The second-order valence-electron chi connectivity index (χ2n) is 3.87. The van der Waals surface area contributed by atoms with Crippen molar-refractivity contribution in [3.63, 3.8) is 0 Å². The molecule has 2 nitrogen and oxygen atoms in total. The first kappa shape index (κ1) is 12.3. The van der Waals surface area contributed by atoms with Crippen molar-refractivity contribution in [1.29, 1.82) is 0 Å². The Labute approximate surface area is 95.9 Å². The molecule has 16 heavy (non-hydrogen) atoms. The average Bonchev–Trinajstić information content (AvgIpc) is 2.24. The fourth-order valence-electron chi connectivity index (χ4n) is 0.954. The Bertz CT molecular complexity index is 447. The lowest BCUT2D eigenvalue weighted by Crippen LogP contribution is -2.15. The van der Waals surface area contributed by atoms with Crippen molar-refractivity contribution < 1.29 is 10.2 Å². The second-order valence-corrected chi connectivity index (χ2v) is 3.87. The van der Waals surface area contributed by atoms with Gasteiger partial charge in [-0.05, 0) is 26.0 Å². The quantitative estimate of drug-likeness (QED) is 0.636. The highest BCUT2D eigenvalue weighted by Gasteiger charge is 2.06. The second kappa shape index (κ2) is 5.37. The van der Waals surface area contributed by atoms with Crippen molar-refractivity contribution >= 4 is 0 Å². The Morgan fingerprint density at radius 3 is 2.31 bits per heavy atom. The maximum absolute atomic E-state index is 9.42. The third-order valence-electron chi connectivity index (χ3n) is 1.64. The first-order valence-corrected chi connectivity index (χ1v) is 4.97. The molecule has 82 valence electrons. The molecule has 0 saturated carbocycles. The van der Waals surface area contributed by atoms with Gasteiger partial charge < -0.3 is 10.2 Å². The summed E-state index contributed by atoms with van der Waals surface area (Å²) in [7, 11) is 0. The zero-order valence-corrected chi connectivity index (χ0v) is 9.36. The van der Waals surface area contributed by atoms with Crippen LogP contribution in [0.4, 0.5) is 0 Å². The van der Waals surface area contributed by atoms with Gasteiger partial charge in [0.2, 0.25) is 0 Å². The minimum atomic E-state index is -1.10. The molecule has 2 heteroatoms. The Morgan fingerprint density at radius 2 is 1.75 bits per heavy atom. The van der Waals surface area contributed by atoms with Gasteiger partial charge in [-0.15, -0.1) is 0 Å². The highest BCUT2D eigenvalue weighted by Crippen LogP contribution is 1.97. The standard InChI is InChI=1S/C14H14O2/c1-14(2,16)11-10-13(15)9-8-12-6-4-3-5-7-12/h3-7,13,15-16H,1-2H3/t13-/m1/s1. The predicted molar refractivity (Wildman–Crippen MR) is 63.4 cm³/mol. The monoisotopic (exact) mass is 214 g/mol. The molecule has 1 atom stereocenters. The summed E-state index contributed by atoms with van der Waals surface area (Å²) in [5.74, 6) is 10.4. The molecule has 0 radical (unpaired) electrons. The zero-order chi connectivity index (χ0) is 12.0. The molecule has 0 aliphatic carbocycles. The van der Waals surface area contributed by atoms with Gasteiger partial charge in [0.1, 0.15) is 5.60 Å². The van der Waals surface area contributed by atoms with Crippen LogP contribution in [0.15, 0.2) is 30.3 Å². The van der Waals surface area contributed by atoms with E-state index in [1.165, 1.54) is 0 Å². The first-order chi connectivity index (χ1) is 7.47. The molecule has 1 aromatic rings. The summed E-state index contributed by atoms with van der Waals surface area (Å²) in [4.78, 5) is 0. The smallest absolute Gasteiger partial charge is 0.177 e. The fraction of sp³-hybridized carbons (Fsp3) is 0.286. The molecular formula is C14H14O2. The van der Waals surface area contributed by atoms with E-state index in [-0.39, 0.29) is 0 Å². The predicted octanol–water partition coefficient (Wildman–Crippen LogP) is 1.17. The molecule has 0 fully saturated rings. The Hall–Kier alpha value is -1.74. The van der Waals surface area contributed by atoms with Gasteiger partial charge in [0.25, 0.3) is 0 Å². The summed E-state index contributed by atoms with van der Waals surface area (Å²) in [5, 5.41) is 18.7. The molecule has 2 N–H and O–H groups in total. The van der Waals surface area contributed by atoms with Crippen LogP contribution in [-0.2, 0) is 0 Å². The number of aliphatic hydroxyl groups is 2. The van der Waals surface area contributed by atoms with Crippen LogP contribution < -0.4 is 0 Å². The van der Waals surface area contributed by atoms with E-state index in [9.17, 15) is 10.2 Å². The lowest BCUT2D eigenvalue weighted by atomic mass is 10.1. The summed E-state index contributed by atoms with van der Waals surface area (Å²) in [6.45, 7) is 3.11. The molecule has 0 heterocycles. The van der Waals surface area contributed by atoms with Crippen LogP contribution in [0.3, 0.4) is 0 Å². The number of hydrogen-bond donors (Lipinski definition) is 2. The van der Waals surface area contributed by atoms with Crippen molar-refractivity contribution in [2.75, 3.05) is 0 Å². The highest BCUT2D eigenvalue weighted by atomic mass is 16.3. The SMILES string of the molecule is CC(C)(O)C#C[C@H](O)C#Cc1ccccc1. The van der Waals surface area contributed by atoms with Crippen molar-refractivity contribution in [3.05, 3.63) is 35.9 Å². The van der Waals surface area contributed by atoms with E-state index in [4.69, 9.17) is 0 Å². The van der Waals surface area contributed by atoms with Gasteiger partial charge >= 0.3 is 0 Å². The normalized spacial score (nSPS) is 11.8. The summed E-state index contributed by atoms with van der Waals surface area (Å²) < 4.78 is 0. The van der Waals surface area contributed by atoms with Crippen LogP contribution in [0.25, 0.3) is 0 Å². The summed E-state index contributed by atoms with van der Waals surface area (Å²) >= 11 is 0. The van der Waals surface area contributed by atoms with E-state index in [0.29, 0.717) is 0 Å². The minimum absolute atomic E-state index is 0.826. The maximum Gasteiger partial charge on any atom is 0.177 e. The number of aliphatic hydroxyl groups excluding tert-OH is 1. The van der Waals surface area contributed by atoms with Gasteiger partial charge in [0.15, 0.2) is 6.10 Å². The molecule has 0 bridgehead atoms. The Morgan fingerprint density at radius 1 is 1.12 bits per heavy atom. The van der Waals surface area contributed by atoms with Gasteiger partial charge in [0, 0.05) is 5.56 Å². The molecule has 1 aromatic carbocycles. The van der Waals surface area contributed by atoms with E-state index in [2.05, 4.69) is 23.7 Å². The van der Waals surface area contributed by atoms with E-state index in [0.717, 1.165) is 5.56 Å². The molecule has 0 aliphatic rings. The molecule has 1 rings (SSSR count). The largest absolute Gasteiger partial charge is 0.378 e. The molecule has 0 aromatic heterocycles. The molecular weight excluding hydrogens is 200 g/mol. The number of rotatable bonds is 0. The van der Waals surface area contributed by atoms with E-state index < -0.39 is 11.7 Å². The van der Waals surface area contributed by atoms with E-state index in [1.807, 2.05) is 30.3 Å². The summed E-state index contributed by atoms with van der Waals surface area (Å²) in [6, 6.07) is 9.35. The van der Waals surface area contributed by atoms with Gasteiger partial charge in [-0.3, -0.25) is 0 Å². The molecule has 0 amide bonds. The number of benzene rings is 1.